The molecule has 3 aromatic heterocycles. The summed E-state index contributed by atoms with van der Waals surface area (Å²) in [5.41, 5.74) is 3.42. The molecule has 0 spiro atoms. The highest BCUT2D eigenvalue weighted by molar-refractivity contribution is 5.95. The van der Waals surface area contributed by atoms with E-state index in [4.69, 9.17) is 19.2 Å². The van der Waals surface area contributed by atoms with Crippen LogP contribution in [0.15, 0.2) is 116 Å². The zero-order valence-corrected chi connectivity index (χ0v) is 33.2. The lowest BCUT2D eigenvalue weighted by Gasteiger charge is -2.37. The fraction of sp³-hybridized carbons (Fsp3) is 0.318. The molecular formula is C44H44F2N10O4. The Balaban J connectivity index is 0.788. The highest BCUT2D eigenvalue weighted by Crippen LogP contribution is 2.38. The molecule has 14 nitrogen and oxygen atoms in total. The number of anilines is 3. The predicted molar refractivity (Wildman–Crippen MR) is 219 cm³/mol. The normalized spacial score (nSPS) is 20.7. The summed E-state index contributed by atoms with van der Waals surface area (Å²) in [4.78, 5) is 40.0. The van der Waals surface area contributed by atoms with E-state index in [2.05, 4.69) is 42.0 Å². The zero-order chi connectivity index (χ0) is 41.2. The van der Waals surface area contributed by atoms with Crippen LogP contribution in [0.4, 0.5) is 30.6 Å². The molecule has 9 rings (SSSR count). The first-order chi connectivity index (χ1) is 29.2. The molecule has 3 saturated heterocycles. The van der Waals surface area contributed by atoms with Gasteiger partial charge in [-0.2, -0.15) is 5.10 Å². The van der Waals surface area contributed by atoms with E-state index in [-0.39, 0.29) is 43.4 Å². The molecule has 0 saturated carbocycles. The first-order valence-electron chi connectivity index (χ1n) is 20.0. The number of nitrogens with zero attached hydrogens (tertiary/aromatic N) is 10. The summed E-state index contributed by atoms with van der Waals surface area (Å²) in [5.74, 6) is -0.174. The average molecular weight is 815 g/mol. The molecule has 3 aliphatic heterocycles. The van der Waals surface area contributed by atoms with Gasteiger partial charge in [0.1, 0.15) is 48.3 Å². The van der Waals surface area contributed by atoms with Crippen LogP contribution in [0.3, 0.4) is 0 Å². The van der Waals surface area contributed by atoms with Crippen LogP contribution in [-0.2, 0) is 21.6 Å². The summed E-state index contributed by atoms with van der Waals surface area (Å²) >= 11 is 0. The van der Waals surface area contributed by atoms with Crippen LogP contribution in [0.1, 0.15) is 31.3 Å². The first-order valence-corrected chi connectivity index (χ1v) is 20.0. The van der Waals surface area contributed by atoms with Crippen LogP contribution in [0, 0.1) is 11.6 Å². The largest absolute Gasteiger partial charge is 0.488 e. The number of ether oxygens (including phenoxy) is 3. The van der Waals surface area contributed by atoms with Crippen molar-refractivity contribution in [3.63, 3.8) is 0 Å². The number of piperazine rings is 1. The third-order valence-electron chi connectivity index (χ3n) is 11.2. The van der Waals surface area contributed by atoms with Gasteiger partial charge in [-0.1, -0.05) is 12.1 Å². The number of amides is 2. The summed E-state index contributed by atoms with van der Waals surface area (Å²) in [7, 11) is 0. The maximum Gasteiger partial charge on any atom is 0.325 e. The lowest BCUT2D eigenvalue weighted by Crippen LogP contribution is -2.46. The van der Waals surface area contributed by atoms with Gasteiger partial charge >= 0.3 is 6.03 Å². The molecule has 0 bridgehead atoms. The van der Waals surface area contributed by atoms with Crippen molar-refractivity contribution < 1.29 is 27.8 Å². The van der Waals surface area contributed by atoms with Crippen molar-refractivity contribution in [1.29, 1.82) is 0 Å². The van der Waals surface area contributed by atoms with Crippen molar-refractivity contribution in [3.8, 4) is 17.1 Å². The number of urea groups is 1. The Morgan fingerprint density at radius 3 is 2.25 bits per heavy atom. The minimum atomic E-state index is -1.25. The topological polar surface area (TPSA) is 127 Å². The van der Waals surface area contributed by atoms with Gasteiger partial charge in [-0.3, -0.25) is 9.88 Å². The Morgan fingerprint density at radius 2 is 1.58 bits per heavy atom. The quantitative estimate of drug-likeness (QED) is 0.135. The molecule has 3 fully saturated rings. The van der Waals surface area contributed by atoms with Gasteiger partial charge in [-0.05, 0) is 86.6 Å². The number of aromatic nitrogens is 6. The maximum absolute atomic E-state index is 15.0. The molecule has 308 valence electrons. The number of hydrogen-bond acceptors (Lipinski definition) is 11. The van der Waals surface area contributed by atoms with E-state index in [1.807, 2.05) is 84.3 Å². The highest BCUT2D eigenvalue weighted by atomic mass is 19.1. The van der Waals surface area contributed by atoms with E-state index >= 15 is 0 Å². The van der Waals surface area contributed by atoms with Gasteiger partial charge < -0.3 is 28.9 Å². The molecule has 1 unspecified atom stereocenters. The molecular weight excluding hydrogens is 771 g/mol. The molecule has 60 heavy (non-hydrogen) atoms. The minimum Gasteiger partial charge on any atom is -0.488 e. The van der Waals surface area contributed by atoms with Crippen molar-refractivity contribution >= 4 is 23.1 Å². The van der Waals surface area contributed by atoms with Crippen LogP contribution >= 0.6 is 0 Å². The van der Waals surface area contributed by atoms with Gasteiger partial charge in [0, 0.05) is 73.3 Å². The summed E-state index contributed by atoms with van der Waals surface area (Å²) in [6.45, 7) is 7.99. The van der Waals surface area contributed by atoms with Crippen molar-refractivity contribution in [2.75, 3.05) is 60.6 Å². The van der Waals surface area contributed by atoms with Gasteiger partial charge in [0.15, 0.2) is 12.1 Å². The monoisotopic (exact) mass is 814 g/mol. The number of rotatable bonds is 12. The van der Waals surface area contributed by atoms with Gasteiger partial charge in [0.2, 0.25) is 0 Å². The fourth-order valence-electron chi connectivity index (χ4n) is 8.16. The first kappa shape index (κ1) is 39.0. The van der Waals surface area contributed by atoms with E-state index in [1.165, 1.54) is 29.5 Å². The van der Waals surface area contributed by atoms with Gasteiger partial charge in [-0.25, -0.2) is 33.2 Å². The van der Waals surface area contributed by atoms with Crippen molar-refractivity contribution in [2.45, 2.75) is 44.4 Å². The molecule has 6 heterocycles. The summed E-state index contributed by atoms with van der Waals surface area (Å²) in [6.07, 6.45) is 5.56. The Kier molecular flexibility index (Phi) is 10.8. The van der Waals surface area contributed by atoms with Gasteiger partial charge in [-0.15, -0.1) is 0 Å². The van der Waals surface area contributed by atoms with Crippen molar-refractivity contribution in [3.05, 3.63) is 139 Å². The lowest BCUT2D eigenvalue weighted by molar-refractivity contribution is -0.117. The number of halogens is 2. The molecule has 0 N–H and O–H groups in total. The van der Waals surface area contributed by atoms with Crippen molar-refractivity contribution in [2.24, 2.45) is 0 Å². The van der Waals surface area contributed by atoms with E-state index < -0.39 is 23.5 Å². The summed E-state index contributed by atoms with van der Waals surface area (Å²) in [5, 5.41) is 4.14. The second kappa shape index (κ2) is 16.6. The van der Waals surface area contributed by atoms with E-state index in [1.54, 1.807) is 12.4 Å². The Hall–Kier alpha value is -6.52. The second-order valence-corrected chi connectivity index (χ2v) is 15.3. The molecule has 0 aliphatic carbocycles. The maximum atomic E-state index is 15.0. The molecule has 16 heteroatoms. The minimum absolute atomic E-state index is 0.0214. The Labute approximate surface area is 346 Å². The van der Waals surface area contributed by atoms with Crippen LogP contribution < -0.4 is 19.4 Å². The van der Waals surface area contributed by atoms with Gasteiger partial charge in [0.05, 0.1) is 31.1 Å². The summed E-state index contributed by atoms with van der Waals surface area (Å²) < 4.78 is 48.5. The number of pyridine rings is 1. The van der Waals surface area contributed by atoms with Crippen LogP contribution in [0.25, 0.3) is 11.4 Å². The zero-order valence-electron chi connectivity index (χ0n) is 33.2. The highest BCUT2D eigenvalue weighted by Gasteiger charge is 2.46. The number of carbonyl (C=O) groups is 1. The van der Waals surface area contributed by atoms with Crippen LogP contribution in [-0.4, -0.2) is 98.9 Å². The predicted octanol–water partition coefficient (Wildman–Crippen LogP) is 6.47. The van der Waals surface area contributed by atoms with Gasteiger partial charge in [0.25, 0.3) is 0 Å². The molecule has 6 aromatic rings. The molecule has 3 atom stereocenters. The molecule has 3 aromatic carbocycles. The van der Waals surface area contributed by atoms with Crippen LogP contribution in [0.5, 0.6) is 5.75 Å². The van der Waals surface area contributed by atoms with Crippen molar-refractivity contribution in [1.82, 2.24) is 34.6 Å². The van der Waals surface area contributed by atoms with E-state index in [0.717, 1.165) is 60.7 Å². The molecule has 0 radical (unpaired) electrons. The lowest BCUT2D eigenvalue weighted by atomic mass is 9.94. The summed E-state index contributed by atoms with van der Waals surface area (Å²) in [6, 6.07) is 26.6. The third-order valence-corrected chi connectivity index (χ3v) is 11.2. The fourth-order valence-corrected chi connectivity index (χ4v) is 8.16. The smallest absolute Gasteiger partial charge is 0.325 e. The Morgan fingerprint density at radius 1 is 0.850 bits per heavy atom. The number of hydrogen-bond donors (Lipinski definition) is 0. The van der Waals surface area contributed by atoms with Crippen LogP contribution in [0.2, 0.25) is 0 Å². The van der Waals surface area contributed by atoms with E-state index in [9.17, 15) is 13.6 Å². The average Bonchev–Trinajstić information content (AvgIpc) is 4.03. The standard InChI is InChI=1S/C44H44F2N10O4/c1-30(2)56-40(42-49-18-16-39(51-42)38-5-3-4-17-48-38)24-55(43(56)57)34-9-7-32(8-10-34)52-19-21-53(22-20-52)33-11-13-35(14-12-33)58-25-41-59-27-44(60-41,26-54-29-47-28-50-54)36-15-6-31(45)23-37(36)46/h3-18,23,28-30,40-41H,19-22,24-27H2,1-2H3/t40?,41-,44+/m0/s1. The number of carbonyl (C=O) groups excluding carboxylic acids is 1. The third kappa shape index (κ3) is 7.95. The Bertz CT molecular complexity index is 2400. The molecule has 3 aliphatic rings. The second-order valence-electron chi connectivity index (χ2n) is 15.3. The molecule has 2 amide bonds. The van der Waals surface area contributed by atoms with E-state index in [0.29, 0.717) is 18.1 Å². The SMILES string of the molecule is CC(C)N1C(=O)N(c2ccc(N3CCN(c4ccc(OC[C@H]5OC[C@](Cn6cncn6)(c6ccc(F)cc6F)O5)cc4)CC3)cc2)CC1c1nccc(-c2ccccn2)n1. The number of benzene rings is 3.